The summed E-state index contributed by atoms with van der Waals surface area (Å²) < 4.78 is 4.40. The summed E-state index contributed by atoms with van der Waals surface area (Å²) >= 11 is 0. The van der Waals surface area contributed by atoms with E-state index in [1.807, 2.05) is 13.8 Å². The van der Waals surface area contributed by atoms with E-state index in [2.05, 4.69) is 14.9 Å². The topological polar surface area (TPSA) is 55.0 Å². The molecule has 11 heavy (non-hydrogen) atoms. The molecule has 1 heterocycles. The Morgan fingerprint density at radius 2 is 2.27 bits per heavy atom. The van der Waals surface area contributed by atoms with E-state index in [1.54, 1.807) is 0 Å². The summed E-state index contributed by atoms with van der Waals surface area (Å²) in [5.74, 6) is -0.372. The minimum Gasteiger partial charge on any atom is -0.465 e. The van der Waals surface area contributed by atoms with Gasteiger partial charge in [-0.3, -0.25) is 5.10 Å². The van der Waals surface area contributed by atoms with E-state index in [4.69, 9.17) is 0 Å². The van der Waals surface area contributed by atoms with Crippen LogP contribution in [0.5, 0.6) is 0 Å². The highest BCUT2D eigenvalue weighted by Gasteiger charge is 2.03. The minimum atomic E-state index is -0.372. The average Bonchev–Trinajstić information content (AvgIpc) is 2.59. The fourth-order valence-electron chi connectivity index (χ4n) is 0.480. The quantitative estimate of drug-likeness (QED) is 0.622. The van der Waals surface area contributed by atoms with E-state index in [-0.39, 0.29) is 5.97 Å². The van der Waals surface area contributed by atoms with Crippen molar-refractivity contribution in [1.29, 1.82) is 0 Å². The van der Waals surface area contributed by atoms with Crippen molar-refractivity contribution in [2.45, 2.75) is 13.8 Å². The zero-order chi connectivity index (χ0) is 8.69. The highest BCUT2D eigenvalue weighted by molar-refractivity contribution is 5.88. The number of aromatic amines is 1. The first kappa shape index (κ1) is 9.68. The lowest BCUT2D eigenvalue weighted by molar-refractivity contribution is 0.0601. The summed E-state index contributed by atoms with van der Waals surface area (Å²) in [7, 11) is 1.33. The van der Waals surface area contributed by atoms with Crippen LogP contribution in [-0.2, 0) is 4.74 Å². The molecule has 0 fully saturated rings. The number of aromatic nitrogens is 2. The number of methoxy groups -OCH3 is 1. The van der Waals surface area contributed by atoms with E-state index in [9.17, 15) is 4.79 Å². The molecule has 1 rings (SSSR count). The monoisotopic (exact) mass is 156 g/mol. The molecule has 0 amide bonds. The third-order valence-electron chi connectivity index (χ3n) is 0.919. The van der Waals surface area contributed by atoms with E-state index in [0.717, 1.165) is 0 Å². The van der Waals surface area contributed by atoms with Gasteiger partial charge in [0.05, 0.1) is 18.9 Å². The van der Waals surface area contributed by atoms with Gasteiger partial charge in [0.25, 0.3) is 0 Å². The van der Waals surface area contributed by atoms with Gasteiger partial charge >= 0.3 is 5.97 Å². The molecule has 0 spiro atoms. The summed E-state index contributed by atoms with van der Waals surface area (Å²) in [5, 5.41) is 6.06. The Labute approximate surface area is 65.6 Å². The molecule has 4 nitrogen and oxygen atoms in total. The van der Waals surface area contributed by atoms with Crippen molar-refractivity contribution < 1.29 is 9.53 Å². The lowest BCUT2D eigenvalue weighted by Crippen LogP contribution is -1.98. The molecule has 1 N–H and O–H groups in total. The molecule has 1 aromatic heterocycles. The minimum absolute atomic E-state index is 0.372. The normalized spacial score (nSPS) is 7.91. The number of ether oxygens (including phenoxy) is 1. The van der Waals surface area contributed by atoms with Crippen molar-refractivity contribution in [2.24, 2.45) is 0 Å². The molecule has 62 valence electrons. The Bertz CT molecular complexity index is 194. The van der Waals surface area contributed by atoms with E-state index in [1.165, 1.54) is 19.5 Å². The fraction of sp³-hybridized carbons (Fsp3) is 0.429. The van der Waals surface area contributed by atoms with Crippen molar-refractivity contribution in [2.75, 3.05) is 7.11 Å². The van der Waals surface area contributed by atoms with E-state index >= 15 is 0 Å². The molecule has 0 unspecified atom stereocenters. The Hall–Kier alpha value is -1.32. The Kier molecular flexibility index (Phi) is 4.81. The average molecular weight is 156 g/mol. The Morgan fingerprint density at radius 1 is 1.64 bits per heavy atom. The molecule has 0 aliphatic rings. The summed E-state index contributed by atoms with van der Waals surface area (Å²) in [6.45, 7) is 4.00. The molecule has 0 bridgehead atoms. The number of nitrogens with zero attached hydrogens (tertiary/aromatic N) is 1. The second-order valence-electron chi connectivity index (χ2n) is 1.48. The largest absolute Gasteiger partial charge is 0.465 e. The number of carbonyl (C=O) groups excluding carboxylic acids is 1. The van der Waals surface area contributed by atoms with Crippen LogP contribution in [0.4, 0.5) is 0 Å². The maximum Gasteiger partial charge on any atom is 0.341 e. The molecule has 0 saturated heterocycles. The van der Waals surface area contributed by atoms with Gasteiger partial charge in [0.2, 0.25) is 0 Å². The molecular weight excluding hydrogens is 144 g/mol. The van der Waals surface area contributed by atoms with Crippen molar-refractivity contribution in [3.05, 3.63) is 18.0 Å². The first-order valence-electron chi connectivity index (χ1n) is 3.41. The van der Waals surface area contributed by atoms with Gasteiger partial charge < -0.3 is 4.74 Å². The van der Waals surface area contributed by atoms with Gasteiger partial charge in [0.15, 0.2) is 0 Å². The number of hydrogen-bond donors (Lipinski definition) is 1. The van der Waals surface area contributed by atoms with Crippen LogP contribution in [0.15, 0.2) is 12.4 Å². The van der Waals surface area contributed by atoms with Gasteiger partial charge in [-0.25, -0.2) is 4.79 Å². The van der Waals surface area contributed by atoms with E-state index < -0.39 is 0 Å². The third kappa shape index (κ3) is 2.84. The highest BCUT2D eigenvalue weighted by Crippen LogP contribution is 1.94. The number of carbonyl (C=O) groups is 1. The molecule has 4 heteroatoms. The molecule has 0 atom stereocenters. The smallest absolute Gasteiger partial charge is 0.341 e. The summed E-state index contributed by atoms with van der Waals surface area (Å²) in [6, 6.07) is 0. The lowest BCUT2D eigenvalue weighted by atomic mass is 10.4. The van der Waals surface area contributed by atoms with Gasteiger partial charge in [-0.05, 0) is 0 Å². The SMILES string of the molecule is CC.COC(=O)c1cn[nH]c1. The van der Waals surface area contributed by atoms with Gasteiger partial charge in [0, 0.05) is 6.20 Å². The van der Waals surface area contributed by atoms with Crippen LogP contribution >= 0.6 is 0 Å². The van der Waals surface area contributed by atoms with Crippen molar-refractivity contribution in [3.8, 4) is 0 Å². The van der Waals surface area contributed by atoms with Gasteiger partial charge in [-0.2, -0.15) is 5.10 Å². The molecular formula is C7H12N2O2. The number of rotatable bonds is 1. The van der Waals surface area contributed by atoms with Crippen LogP contribution < -0.4 is 0 Å². The first-order valence-corrected chi connectivity index (χ1v) is 3.41. The number of hydrogen-bond acceptors (Lipinski definition) is 3. The van der Waals surface area contributed by atoms with Crippen LogP contribution in [0.25, 0.3) is 0 Å². The van der Waals surface area contributed by atoms with Crippen LogP contribution in [0.2, 0.25) is 0 Å². The van der Waals surface area contributed by atoms with Crippen molar-refractivity contribution in [1.82, 2.24) is 10.2 Å². The maximum absolute atomic E-state index is 10.6. The fourth-order valence-corrected chi connectivity index (χ4v) is 0.480. The van der Waals surface area contributed by atoms with E-state index in [0.29, 0.717) is 5.56 Å². The maximum atomic E-state index is 10.6. The third-order valence-corrected chi connectivity index (χ3v) is 0.919. The summed E-state index contributed by atoms with van der Waals surface area (Å²) in [6.07, 6.45) is 2.89. The predicted octanol–water partition coefficient (Wildman–Crippen LogP) is 1.22. The standard InChI is InChI=1S/C5H6N2O2.C2H6/c1-9-5(8)4-2-6-7-3-4;1-2/h2-3H,1H3,(H,6,7);1-2H3. The summed E-state index contributed by atoms with van der Waals surface area (Å²) in [4.78, 5) is 10.6. The van der Waals surface area contributed by atoms with Crippen LogP contribution in [0.3, 0.4) is 0 Å². The Balaban J connectivity index is 0.000000461. The van der Waals surface area contributed by atoms with Gasteiger partial charge in [-0.1, -0.05) is 13.8 Å². The van der Waals surface area contributed by atoms with Crippen LogP contribution in [0.1, 0.15) is 24.2 Å². The zero-order valence-corrected chi connectivity index (χ0v) is 6.92. The summed E-state index contributed by atoms with van der Waals surface area (Å²) in [5.41, 5.74) is 0.442. The lowest BCUT2D eigenvalue weighted by Gasteiger charge is -1.89. The van der Waals surface area contributed by atoms with Crippen molar-refractivity contribution >= 4 is 5.97 Å². The first-order chi connectivity index (χ1) is 5.34. The zero-order valence-electron chi connectivity index (χ0n) is 6.92. The van der Waals surface area contributed by atoms with Crippen molar-refractivity contribution in [3.63, 3.8) is 0 Å². The molecule has 0 radical (unpaired) electrons. The highest BCUT2D eigenvalue weighted by atomic mass is 16.5. The second kappa shape index (κ2) is 5.46. The van der Waals surface area contributed by atoms with Crippen LogP contribution in [0, 0.1) is 0 Å². The van der Waals surface area contributed by atoms with Gasteiger partial charge in [-0.15, -0.1) is 0 Å². The van der Waals surface area contributed by atoms with Crippen LogP contribution in [-0.4, -0.2) is 23.3 Å². The molecule has 0 saturated carbocycles. The molecule has 0 aromatic carbocycles. The molecule has 1 aromatic rings. The van der Waals surface area contributed by atoms with Gasteiger partial charge in [0.1, 0.15) is 0 Å². The second-order valence-corrected chi connectivity index (χ2v) is 1.48. The number of nitrogens with one attached hydrogen (secondary N) is 1. The molecule has 0 aliphatic carbocycles. The Morgan fingerprint density at radius 3 is 2.64 bits per heavy atom. The number of H-pyrrole nitrogens is 1. The molecule has 0 aliphatic heterocycles. The number of esters is 1. The predicted molar refractivity (Wildman–Crippen MR) is 41.3 cm³/mol.